The van der Waals surface area contributed by atoms with Crippen LogP contribution in [0.4, 0.5) is 0 Å². The minimum absolute atomic E-state index is 0.201. The van der Waals surface area contributed by atoms with Crippen molar-refractivity contribution in [3.63, 3.8) is 0 Å². The van der Waals surface area contributed by atoms with E-state index in [2.05, 4.69) is 0 Å². The maximum Gasteiger partial charge on any atom is 0.267 e. The molecule has 0 spiro atoms. The summed E-state index contributed by atoms with van der Waals surface area (Å²) in [5, 5.41) is 0. The summed E-state index contributed by atoms with van der Waals surface area (Å²) in [6.07, 6.45) is -0.560. The van der Waals surface area contributed by atoms with Crippen LogP contribution in [0.5, 0.6) is 0 Å². The van der Waals surface area contributed by atoms with Crippen molar-refractivity contribution < 1.29 is 22.4 Å². The van der Waals surface area contributed by atoms with E-state index in [0.29, 0.717) is 0 Å². The van der Waals surface area contributed by atoms with E-state index in [1.165, 1.54) is 0 Å². The lowest BCUT2D eigenvalue weighted by atomic mass is 10.4. The van der Waals surface area contributed by atoms with Crippen molar-refractivity contribution in [2.75, 3.05) is 12.4 Å². The molecule has 6 heteroatoms. The third-order valence-corrected chi connectivity index (χ3v) is 2.26. The first-order valence-corrected chi connectivity index (χ1v) is 5.16. The molecule has 0 amide bonds. The molecule has 0 bridgehead atoms. The maximum absolute atomic E-state index is 10.4. The fraction of sp³-hybridized carbons (Fsp3) is 1.00. The van der Waals surface area contributed by atoms with Gasteiger partial charge in [0.2, 0.25) is 0 Å². The van der Waals surface area contributed by atoms with Crippen molar-refractivity contribution in [1.29, 1.82) is 0 Å². The Morgan fingerprint density at radius 2 is 2.17 bits per heavy atom. The molecule has 1 fully saturated rings. The summed E-state index contributed by atoms with van der Waals surface area (Å²) in [4.78, 5) is 0. The summed E-state index contributed by atoms with van der Waals surface area (Å²) in [6.45, 7) is 3.58. The molecule has 0 saturated carbocycles. The van der Waals surface area contributed by atoms with Gasteiger partial charge in [-0.15, -0.1) is 0 Å². The lowest BCUT2D eigenvalue weighted by Crippen LogP contribution is -2.26. The highest BCUT2D eigenvalue weighted by atomic mass is 32.2. The van der Waals surface area contributed by atoms with Crippen LogP contribution in [0.2, 0.25) is 0 Å². The largest absolute Gasteiger partial charge is 0.348 e. The molecule has 1 saturated heterocycles. The Morgan fingerprint density at radius 3 is 2.50 bits per heavy atom. The Kier molecular flexibility index (Phi) is 2.44. The van der Waals surface area contributed by atoms with Gasteiger partial charge in [-0.05, 0) is 13.8 Å². The van der Waals surface area contributed by atoms with Crippen molar-refractivity contribution >= 4 is 10.1 Å². The van der Waals surface area contributed by atoms with Gasteiger partial charge >= 0.3 is 0 Å². The molecule has 0 aromatic rings. The average Bonchev–Trinajstić information content (AvgIpc) is 2.05. The van der Waals surface area contributed by atoms with E-state index in [1.54, 1.807) is 13.8 Å². The first-order chi connectivity index (χ1) is 5.29. The molecule has 0 unspecified atom stereocenters. The Bertz CT molecular complexity index is 255. The number of ether oxygens (including phenoxy) is 2. The first-order valence-electron chi connectivity index (χ1n) is 3.55. The van der Waals surface area contributed by atoms with Crippen molar-refractivity contribution in [3.8, 4) is 0 Å². The van der Waals surface area contributed by atoms with Gasteiger partial charge in [0.1, 0.15) is 11.9 Å². The lowest BCUT2D eigenvalue weighted by molar-refractivity contribution is -0.135. The highest BCUT2D eigenvalue weighted by Crippen LogP contribution is 2.22. The van der Waals surface area contributed by atoms with Gasteiger partial charge in [0.15, 0.2) is 5.79 Å². The van der Waals surface area contributed by atoms with E-state index in [9.17, 15) is 8.42 Å². The van der Waals surface area contributed by atoms with Gasteiger partial charge in [0.05, 0.1) is 6.61 Å². The molecule has 1 N–H and O–H groups in total. The fourth-order valence-electron chi connectivity index (χ4n) is 1.08. The summed E-state index contributed by atoms with van der Waals surface area (Å²) in [5.41, 5.74) is 0. The van der Waals surface area contributed by atoms with E-state index in [-0.39, 0.29) is 6.61 Å². The molecule has 0 radical (unpaired) electrons. The van der Waals surface area contributed by atoms with E-state index >= 15 is 0 Å². The second-order valence-corrected chi connectivity index (χ2v) is 4.70. The van der Waals surface area contributed by atoms with Gasteiger partial charge in [-0.2, -0.15) is 8.42 Å². The molecule has 0 aliphatic carbocycles. The standard InChI is InChI=1S/C6H12O5S/c1-6(2)10-3-5(11-6)4-12(7,8)9/h5H,3-4H2,1-2H3,(H,7,8,9)/t5-/m0/s1. The number of rotatable bonds is 2. The molecule has 1 aliphatic rings. The minimum atomic E-state index is -3.96. The predicted molar refractivity (Wildman–Crippen MR) is 41.3 cm³/mol. The molecule has 0 aromatic carbocycles. The molecular formula is C6H12O5S. The zero-order valence-corrected chi connectivity index (χ0v) is 7.80. The quantitative estimate of drug-likeness (QED) is 0.630. The highest BCUT2D eigenvalue weighted by Gasteiger charge is 2.34. The SMILES string of the molecule is CC1(C)OC[C@@H](CS(=O)(=O)O)O1. The summed E-state index contributed by atoms with van der Waals surface area (Å²) >= 11 is 0. The Hall–Kier alpha value is -0.170. The molecule has 0 aromatic heterocycles. The van der Waals surface area contributed by atoms with Gasteiger partial charge in [-0.3, -0.25) is 4.55 Å². The van der Waals surface area contributed by atoms with Gasteiger partial charge in [-0.25, -0.2) is 0 Å². The van der Waals surface area contributed by atoms with Gasteiger partial charge < -0.3 is 9.47 Å². The van der Waals surface area contributed by atoms with Gasteiger partial charge in [-0.1, -0.05) is 0 Å². The summed E-state index contributed by atoms with van der Waals surface area (Å²) in [5.74, 6) is -1.15. The van der Waals surface area contributed by atoms with E-state index in [1.807, 2.05) is 0 Å². The average molecular weight is 196 g/mol. The molecule has 1 heterocycles. The van der Waals surface area contributed by atoms with Gasteiger partial charge in [0.25, 0.3) is 10.1 Å². The Balaban J connectivity index is 2.49. The normalized spacial score (nSPS) is 29.1. The topological polar surface area (TPSA) is 72.8 Å². The molecular weight excluding hydrogens is 184 g/mol. The van der Waals surface area contributed by atoms with Gasteiger partial charge in [0, 0.05) is 0 Å². The van der Waals surface area contributed by atoms with E-state index < -0.39 is 27.8 Å². The van der Waals surface area contributed by atoms with Crippen LogP contribution in [0, 0.1) is 0 Å². The minimum Gasteiger partial charge on any atom is -0.348 e. The van der Waals surface area contributed by atoms with Crippen LogP contribution in [0.3, 0.4) is 0 Å². The van der Waals surface area contributed by atoms with Crippen LogP contribution >= 0.6 is 0 Å². The van der Waals surface area contributed by atoms with Crippen LogP contribution in [-0.2, 0) is 19.6 Å². The second kappa shape index (κ2) is 2.95. The van der Waals surface area contributed by atoms with Crippen LogP contribution < -0.4 is 0 Å². The monoisotopic (exact) mass is 196 g/mol. The van der Waals surface area contributed by atoms with Crippen molar-refractivity contribution in [3.05, 3.63) is 0 Å². The zero-order valence-electron chi connectivity index (χ0n) is 6.98. The summed E-state index contributed by atoms with van der Waals surface area (Å²) in [6, 6.07) is 0. The van der Waals surface area contributed by atoms with Crippen molar-refractivity contribution in [2.45, 2.75) is 25.7 Å². The molecule has 5 nitrogen and oxygen atoms in total. The summed E-state index contributed by atoms with van der Waals surface area (Å²) in [7, 11) is -3.96. The predicted octanol–water partition coefficient (Wildman–Crippen LogP) is 0.0257. The molecule has 72 valence electrons. The highest BCUT2D eigenvalue weighted by molar-refractivity contribution is 7.85. The lowest BCUT2D eigenvalue weighted by Gasteiger charge is -2.16. The first kappa shape index (κ1) is 9.91. The van der Waals surface area contributed by atoms with Crippen LogP contribution in [-0.4, -0.2) is 37.2 Å². The molecule has 1 aliphatic heterocycles. The molecule has 1 atom stereocenters. The van der Waals surface area contributed by atoms with E-state index in [4.69, 9.17) is 14.0 Å². The molecule has 12 heavy (non-hydrogen) atoms. The zero-order chi connectivity index (χ0) is 9.41. The van der Waals surface area contributed by atoms with Crippen LogP contribution in [0.15, 0.2) is 0 Å². The second-order valence-electron chi connectivity index (χ2n) is 3.20. The number of hydrogen-bond donors (Lipinski definition) is 1. The maximum atomic E-state index is 10.4. The smallest absolute Gasteiger partial charge is 0.267 e. The Labute approximate surface area is 71.4 Å². The van der Waals surface area contributed by atoms with Crippen molar-refractivity contribution in [2.24, 2.45) is 0 Å². The Morgan fingerprint density at radius 1 is 1.58 bits per heavy atom. The molecule has 1 rings (SSSR count). The third-order valence-electron chi connectivity index (χ3n) is 1.46. The van der Waals surface area contributed by atoms with E-state index in [0.717, 1.165) is 0 Å². The van der Waals surface area contributed by atoms with Crippen LogP contribution in [0.25, 0.3) is 0 Å². The van der Waals surface area contributed by atoms with Crippen LogP contribution in [0.1, 0.15) is 13.8 Å². The van der Waals surface area contributed by atoms with Crippen molar-refractivity contribution in [1.82, 2.24) is 0 Å². The fourth-order valence-corrected chi connectivity index (χ4v) is 1.71. The third kappa shape index (κ3) is 3.06. The summed E-state index contributed by atoms with van der Waals surface area (Å²) < 4.78 is 39.6. The number of hydrogen-bond acceptors (Lipinski definition) is 4.